The minimum Gasteiger partial charge on any atom is -0.430 e. The lowest BCUT2D eigenvalue weighted by atomic mass is 10.1. The number of thiophene rings is 1. The number of nitrogens with zero attached hydrogens (tertiary/aromatic N) is 1. The molecule has 0 bridgehead atoms. The van der Waals surface area contributed by atoms with Gasteiger partial charge in [0.2, 0.25) is 6.10 Å². The molecule has 6 heteroatoms. The van der Waals surface area contributed by atoms with E-state index < -0.39 is 24.0 Å². The smallest absolute Gasteiger partial charge is 0.425 e. The van der Waals surface area contributed by atoms with Crippen molar-refractivity contribution in [1.82, 2.24) is 4.90 Å². The molecule has 5 nitrogen and oxygen atoms in total. The van der Waals surface area contributed by atoms with Gasteiger partial charge in [-0.25, -0.2) is 4.79 Å². The van der Waals surface area contributed by atoms with E-state index in [2.05, 4.69) is 0 Å². The highest BCUT2D eigenvalue weighted by Gasteiger charge is 2.45. The van der Waals surface area contributed by atoms with E-state index in [0.29, 0.717) is 10.5 Å². The van der Waals surface area contributed by atoms with E-state index in [1.807, 2.05) is 0 Å². The Bertz CT molecular complexity index is 666. The fraction of sp³-hybridized carbons (Fsp3) is 0.0714. The molecule has 0 aliphatic carbocycles. The Kier molecular flexibility index (Phi) is 3.08. The summed E-state index contributed by atoms with van der Waals surface area (Å²) in [4.78, 5) is 36.7. The maximum absolute atomic E-state index is 12.2. The molecular weight excluding hydrogens is 278 g/mol. The van der Waals surface area contributed by atoms with Crippen LogP contribution in [0.5, 0.6) is 0 Å². The molecule has 1 aromatic heterocycles. The fourth-order valence-corrected chi connectivity index (χ4v) is 2.61. The summed E-state index contributed by atoms with van der Waals surface area (Å²) < 4.78 is 5.00. The first-order chi connectivity index (χ1) is 9.68. The predicted molar refractivity (Wildman–Crippen MR) is 71.2 cm³/mol. The van der Waals surface area contributed by atoms with Crippen LogP contribution >= 0.6 is 11.3 Å². The number of hydrogen-bond acceptors (Lipinski definition) is 5. The van der Waals surface area contributed by atoms with Gasteiger partial charge in [0.05, 0.1) is 0 Å². The van der Waals surface area contributed by atoms with Gasteiger partial charge in [-0.1, -0.05) is 18.2 Å². The molecule has 3 rings (SSSR count). The van der Waals surface area contributed by atoms with Gasteiger partial charge in [0.1, 0.15) is 0 Å². The van der Waals surface area contributed by atoms with E-state index in [9.17, 15) is 14.4 Å². The zero-order chi connectivity index (χ0) is 14.1. The standard InChI is InChI=1S/C14H9NO4S/c16-12(9-4-2-1-3-5-9)15-13(17)11(19-14(15)18)10-6-7-20-8-10/h1-8,11H. The second kappa shape index (κ2) is 4.90. The van der Waals surface area contributed by atoms with Gasteiger partial charge in [-0.2, -0.15) is 16.2 Å². The van der Waals surface area contributed by atoms with Crippen molar-refractivity contribution in [1.29, 1.82) is 0 Å². The lowest BCUT2D eigenvalue weighted by Crippen LogP contribution is -2.35. The van der Waals surface area contributed by atoms with Crippen molar-refractivity contribution in [2.45, 2.75) is 6.10 Å². The number of carbonyl (C=O) groups is 3. The number of hydrogen-bond donors (Lipinski definition) is 0. The third kappa shape index (κ3) is 2.00. The van der Waals surface area contributed by atoms with Crippen LogP contribution in [0.1, 0.15) is 22.0 Å². The van der Waals surface area contributed by atoms with Gasteiger partial charge in [0.25, 0.3) is 11.8 Å². The van der Waals surface area contributed by atoms with Crippen LogP contribution < -0.4 is 0 Å². The Balaban J connectivity index is 1.90. The predicted octanol–water partition coefficient (Wildman–Crippen LogP) is 2.61. The second-order valence-electron chi connectivity index (χ2n) is 4.17. The molecule has 0 N–H and O–H groups in total. The minimum absolute atomic E-state index is 0.267. The molecule has 2 heterocycles. The summed E-state index contributed by atoms with van der Waals surface area (Å²) in [6, 6.07) is 9.85. The summed E-state index contributed by atoms with van der Waals surface area (Å²) in [6.07, 6.45) is -1.96. The van der Waals surface area contributed by atoms with Crippen molar-refractivity contribution in [2.75, 3.05) is 0 Å². The molecule has 0 radical (unpaired) electrons. The first-order valence-corrected chi connectivity index (χ1v) is 6.79. The maximum Gasteiger partial charge on any atom is 0.425 e. The molecule has 1 aliphatic rings. The molecule has 1 atom stereocenters. The first-order valence-electron chi connectivity index (χ1n) is 5.84. The summed E-state index contributed by atoms with van der Waals surface area (Å²) in [5, 5.41) is 3.49. The van der Waals surface area contributed by atoms with Gasteiger partial charge in [-0.05, 0) is 29.0 Å². The SMILES string of the molecule is O=C1OC(c2ccsc2)C(=O)N1C(=O)c1ccccc1. The largest absolute Gasteiger partial charge is 0.430 e. The summed E-state index contributed by atoms with van der Waals surface area (Å²) in [6.45, 7) is 0. The number of imide groups is 3. The second-order valence-corrected chi connectivity index (χ2v) is 4.95. The summed E-state index contributed by atoms with van der Waals surface area (Å²) >= 11 is 1.39. The van der Waals surface area contributed by atoms with Crippen molar-refractivity contribution in [3.63, 3.8) is 0 Å². The van der Waals surface area contributed by atoms with Crippen LogP contribution in [-0.2, 0) is 9.53 Å². The van der Waals surface area contributed by atoms with Crippen LogP contribution in [0.4, 0.5) is 4.79 Å². The van der Waals surface area contributed by atoms with Gasteiger partial charge in [0.15, 0.2) is 0 Å². The van der Waals surface area contributed by atoms with Crippen molar-refractivity contribution in [3.8, 4) is 0 Å². The van der Waals surface area contributed by atoms with Crippen LogP contribution in [-0.4, -0.2) is 22.8 Å². The maximum atomic E-state index is 12.2. The molecular formula is C14H9NO4S. The Labute approximate surface area is 118 Å². The molecule has 3 amide bonds. The zero-order valence-corrected chi connectivity index (χ0v) is 11.0. The van der Waals surface area contributed by atoms with E-state index in [4.69, 9.17) is 4.74 Å². The van der Waals surface area contributed by atoms with Crippen LogP contribution in [0.2, 0.25) is 0 Å². The van der Waals surface area contributed by atoms with Crippen LogP contribution in [0.15, 0.2) is 47.2 Å². The van der Waals surface area contributed by atoms with Crippen molar-refractivity contribution in [2.24, 2.45) is 0 Å². The molecule has 1 aromatic carbocycles. The highest BCUT2D eigenvalue weighted by molar-refractivity contribution is 7.08. The quantitative estimate of drug-likeness (QED) is 0.796. The summed E-state index contributed by atoms with van der Waals surface area (Å²) in [5.41, 5.74) is 0.848. The number of ether oxygens (including phenoxy) is 1. The third-order valence-electron chi connectivity index (χ3n) is 2.92. The number of amides is 3. The van der Waals surface area contributed by atoms with Gasteiger partial charge in [-0.15, -0.1) is 0 Å². The molecule has 20 heavy (non-hydrogen) atoms. The van der Waals surface area contributed by atoms with Crippen LogP contribution in [0.25, 0.3) is 0 Å². The molecule has 100 valence electrons. The topological polar surface area (TPSA) is 63.7 Å². The lowest BCUT2D eigenvalue weighted by molar-refractivity contribution is -0.128. The normalized spacial score (nSPS) is 18.2. The van der Waals surface area contributed by atoms with E-state index in [-0.39, 0.29) is 5.56 Å². The van der Waals surface area contributed by atoms with E-state index in [0.717, 1.165) is 0 Å². The highest BCUT2D eigenvalue weighted by Crippen LogP contribution is 2.29. The van der Waals surface area contributed by atoms with Crippen molar-refractivity contribution < 1.29 is 19.1 Å². The first kappa shape index (κ1) is 12.6. The Hall–Kier alpha value is -2.47. The number of cyclic esters (lactones) is 1. The third-order valence-corrected chi connectivity index (χ3v) is 3.62. The number of benzene rings is 1. The van der Waals surface area contributed by atoms with Crippen molar-refractivity contribution in [3.05, 3.63) is 58.3 Å². The molecule has 0 spiro atoms. The van der Waals surface area contributed by atoms with Crippen LogP contribution in [0, 0.1) is 0 Å². The highest BCUT2D eigenvalue weighted by atomic mass is 32.1. The van der Waals surface area contributed by atoms with Gasteiger partial charge in [-0.3, -0.25) is 9.59 Å². The van der Waals surface area contributed by atoms with Gasteiger partial charge in [0, 0.05) is 11.1 Å². The van der Waals surface area contributed by atoms with Gasteiger partial charge < -0.3 is 4.74 Å². The van der Waals surface area contributed by atoms with E-state index >= 15 is 0 Å². The zero-order valence-electron chi connectivity index (χ0n) is 10.2. The van der Waals surface area contributed by atoms with E-state index in [1.54, 1.807) is 47.2 Å². The Morgan fingerprint density at radius 3 is 2.55 bits per heavy atom. The Morgan fingerprint density at radius 1 is 1.15 bits per heavy atom. The fourth-order valence-electron chi connectivity index (χ4n) is 1.94. The molecule has 2 aromatic rings. The number of rotatable bonds is 2. The molecule has 1 aliphatic heterocycles. The number of carbonyl (C=O) groups excluding carboxylic acids is 3. The average molecular weight is 287 g/mol. The van der Waals surface area contributed by atoms with Crippen molar-refractivity contribution >= 4 is 29.2 Å². The molecule has 1 fully saturated rings. The monoisotopic (exact) mass is 287 g/mol. The molecule has 1 unspecified atom stereocenters. The lowest BCUT2D eigenvalue weighted by Gasteiger charge is -2.08. The van der Waals surface area contributed by atoms with Gasteiger partial charge >= 0.3 is 6.09 Å². The average Bonchev–Trinajstić information content (AvgIpc) is 3.07. The minimum atomic E-state index is -1.03. The molecule has 1 saturated heterocycles. The van der Waals surface area contributed by atoms with Crippen LogP contribution in [0.3, 0.4) is 0 Å². The van der Waals surface area contributed by atoms with E-state index in [1.165, 1.54) is 11.3 Å². The Morgan fingerprint density at radius 2 is 1.90 bits per heavy atom. The summed E-state index contributed by atoms with van der Waals surface area (Å²) in [7, 11) is 0. The summed E-state index contributed by atoms with van der Waals surface area (Å²) in [5.74, 6) is -1.32. The molecule has 0 saturated carbocycles.